The van der Waals surface area contributed by atoms with E-state index in [0.717, 1.165) is 11.1 Å². The number of amides is 1. The first-order valence-electron chi connectivity index (χ1n) is 10.8. The molecule has 1 saturated heterocycles. The summed E-state index contributed by atoms with van der Waals surface area (Å²) in [7, 11) is 0. The molecule has 1 aromatic heterocycles. The van der Waals surface area contributed by atoms with Gasteiger partial charge < -0.3 is 24.8 Å². The van der Waals surface area contributed by atoms with Crippen LogP contribution in [-0.4, -0.2) is 47.7 Å². The molecule has 0 unspecified atom stereocenters. The summed E-state index contributed by atoms with van der Waals surface area (Å²) in [6, 6.07) is 1.35. The van der Waals surface area contributed by atoms with Crippen LogP contribution in [-0.2, 0) is 27.4 Å². The van der Waals surface area contributed by atoms with E-state index in [2.05, 4.69) is 26.5 Å². The molecule has 9 nitrogen and oxygen atoms in total. The molecule has 3 heterocycles. The number of aromatic nitrogens is 1. The number of nitrogen functional groups attached to an aromatic ring is 1. The van der Waals surface area contributed by atoms with Crippen molar-refractivity contribution in [3.05, 3.63) is 58.9 Å². The number of carbonyl (C=O) groups excluding carboxylic acids is 1. The molecule has 12 heteroatoms. The van der Waals surface area contributed by atoms with Gasteiger partial charge in [-0.3, -0.25) is 4.79 Å². The van der Waals surface area contributed by atoms with Gasteiger partial charge in [-0.25, -0.2) is 9.37 Å². The normalized spacial score (nSPS) is 20.6. The summed E-state index contributed by atoms with van der Waals surface area (Å²) in [5, 5.41) is 8.07. The summed E-state index contributed by atoms with van der Waals surface area (Å²) in [5.41, 5.74) is 7.68. The number of hydrogen-bond donors (Lipinski definition) is 1. The van der Waals surface area contributed by atoms with Crippen LogP contribution in [0.3, 0.4) is 0 Å². The second kappa shape index (κ2) is 10.0. The van der Waals surface area contributed by atoms with Crippen LogP contribution in [0.5, 0.6) is 0 Å². The molecule has 1 amide bonds. The minimum absolute atomic E-state index is 0.0192. The van der Waals surface area contributed by atoms with E-state index in [0.29, 0.717) is 17.5 Å². The minimum Gasteiger partial charge on any atom is -0.416 e. The van der Waals surface area contributed by atoms with Crippen LogP contribution < -0.4 is 5.73 Å². The molecule has 35 heavy (non-hydrogen) atoms. The van der Waals surface area contributed by atoms with E-state index in [9.17, 15) is 13.6 Å². The summed E-state index contributed by atoms with van der Waals surface area (Å²) in [6.07, 6.45) is 1.21. The Bertz CT molecular complexity index is 1230. The number of nitrogens with zero attached hydrogens (tertiary/aromatic N) is 4. The molecule has 0 radical (unpaired) electrons. The molecule has 2 aromatic rings. The summed E-state index contributed by atoms with van der Waals surface area (Å²) in [5.74, 6) is -1.52. The number of azo groups is 1. The lowest BCUT2D eigenvalue weighted by Crippen LogP contribution is -2.54. The van der Waals surface area contributed by atoms with Gasteiger partial charge in [0, 0.05) is 17.0 Å². The monoisotopic (exact) mass is 491 g/mol. The van der Waals surface area contributed by atoms with Gasteiger partial charge in [-0.2, -0.15) is 13.9 Å². The number of carbonyl (C=O) groups is 1. The van der Waals surface area contributed by atoms with E-state index in [-0.39, 0.29) is 36.9 Å². The first-order valence-corrected chi connectivity index (χ1v) is 10.8. The molecule has 0 aliphatic carbocycles. The summed E-state index contributed by atoms with van der Waals surface area (Å²) >= 11 is 0. The zero-order valence-electron chi connectivity index (χ0n) is 19.1. The van der Waals surface area contributed by atoms with Crippen molar-refractivity contribution in [1.29, 1.82) is 0 Å². The van der Waals surface area contributed by atoms with Crippen molar-refractivity contribution in [2.45, 2.75) is 45.8 Å². The number of pyridine rings is 1. The van der Waals surface area contributed by atoms with Crippen molar-refractivity contribution < 1.29 is 32.2 Å². The Hall–Kier alpha value is -3.51. The Morgan fingerprint density at radius 1 is 1.29 bits per heavy atom. The predicted octanol–water partition coefficient (Wildman–Crippen LogP) is 4.28. The number of rotatable bonds is 6. The third-order valence-corrected chi connectivity index (χ3v) is 5.85. The van der Waals surface area contributed by atoms with E-state index in [1.807, 2.05) is 0 Å². The number of hydrogen-bond acceptors (Lipinski definition) is 8. The lowest BCUT2D eigenvalue weighted by molar-refractivity contribution is -0.0975. The Balaban J connectivity index is 1.67. The Morgan fingerprint density at radius 3 is 2.74 bits per heavy atom. The molecule has 0 spiro atoms. The highest BCUT2D eigenvalue weighted by Gasteiger charge is 2.36. The van der Waals surface area contributed by atoms with Crippen molar-refractivity contribution >= 4 is 22.6 Å². The first-order chi connectivity index (χ1) is 16.7. The van der Waals surface area contributed by atoms with Crippen LogP contribution in [0.1, 0.15) is 35.3 Å². The Kier molecular flexibility index (Phi) is 7.03. The van der Waals surface area contributed by atoms with Gasteiger partial charge in [-0.15, -0.1) is 5.11 Å². The topological polar surface area (TPSA) is 112 Å². The molecule has 2 aliphatic rings. The molecular formula is C23H24F3N5O4. The number of fused-ring (bicyclic) bond motifs is 3. The third-order valence-electron chi connectivity index (χ3n) is 5.85. The second-order valence-electron chi connectivity index (χ2n) is 8.11. The van der Waals surface area contributed by atoms with Crippen molar-refractivity contribution in [3.8, 4) is 0 Å². The fraction of sp³-hybridized carbons (Fsp3) is 0.391. The van der Waals surface area contributed by atoms with Gasteiger partial charge in [-0.1, -0.05) is 6.58 Å². The fourth-order valence-electron chi connectivity index (χ4n) is 4.13. The van der Waals surface area contributed by atoms with Gasteiger partial charge >= 0.3 is 6.61 Å². The van der Waals surface area contributed by atoms with E-state index < -0.39 is 36.3 Å². The number of alkyl halides is 2. The second-order valence-corrected chi connectivity index (χ2v) is 8.11. The number of ether oxygens (including phenoxy) is 3. The minimum atomic E-state index is -3.07. The molecule has 0 bridgehead atoms. The number of benzene rings is 1. The smallest absolute Gasteiger partial charge is 0.388 e. The molecule has 2 N–H and O–H groups in total. The van der Waals surface area contributed by atoms with Crippen LogP contribution in [0.25, 0.3) is 10.9 Å². The maximum Gasteiger partial charge on any atom is 0.388 e. The summed E-state index contributed by atoms with van der Waals surface area (Å²) < 4.78 is 55.4. The highest BCUT2D eigenvalue weighted by atomic mass is 19.3. The fourth-order valence-corrected chi connectivity index (χ4v) is 4.13. The Labute approximate surface area is 199 Å². The third kappa shape index (κ3) is 4.84. The zero-order valence-corrected chi connectivity index (χ0v) is 19.1. The van der Waals surface area contributed by atoms with Gasteiger partial charge in [0.15, 0.2) is 0 Å². The molecular weight excluding hydrogens is 467 g/mol. The van der Waals surface area contributed by atoms with Gasteiger partial charge in [0.25, 0.3) is 5.91 Å². The predicted molar refractivity (Wildman–Crippen MR) is 120 cm³/mol. The molecule has 1 aromatic carbocycles. The van der Waals surface area contributed by atoms with Crippen LogP contribution in [0.2, 0.25) is 0 Å². The molecule has 1 fully saturated rings. The van der Waals surface area contributed by atoms with Gasteiger partial charge in [0.2, 0.25) is 5.88 Å². The first kappa shape index (κ1) is 24.6. The summed E-state index contributed by atoms with van der Waals surface area (Å²) in [4.78, 5) is 19.3. The van der Waals surface area contributed by atoms with Crippen LogP contribution in [0.15, 0.2) is 46.6 Å². The van der Waals surface area contributed by atoms with Crippen molar-refractivity contribution in [2.24, 2.45) is 10.2 Å². The highest BCUT2D eigenvalue weighted by Crippen LogP contribution is 2.33. The lowest BCUT2D eigenvalue weighted by Gasteiger charge is -2.40. The average Bonchev–Trinajstić information content (AvgIpc) is 3.31. The van der Waals surface area contributed by atoms with E-state index >= 15 is 4.39 Å². The molecule has 186 valence electrons. The van der Waals surface area contributed by atoms with Crippen LogP contribution in [0.4, 0.5) is 19.0 Å². The largest absolute Gasteiger partial charge is 0.416 e. The van der Waals surface area contributed by atoms with Crippen molar-refractivity contribution in [1.82, 2.24) is 9.88 Å². The maximum atomic E-state index is 15.1. The lowest BCUT2D eigenvalue weighted by atomic mass is 10.00. The summed E-state index contributed by atoms with van der Waals surface area (Å²) in [6.45, 7) is 4.73. The van der Waals surface area contributed by atoms with E-state index in [1.165, 1.54) is 30.0 Å². The highest BCUT2D eigenvalue weighted by molar-refractivity contribution is 6.00. The molecule has 2 atom stereocenters. The number of halogens is 3. The molecule has 2 aliphatic heterocycles. The van der Waals surface area contributed by atoms with Crippen molar-refractivity contribution in [2.75, 3.05) is 18.9 Å². The van der Waals surface area contributed by atoms with E-state index in [4.69, 9.17) is 15.2 Å². The Morgan fingerprint density at radius 2 is 2.03 bits per heavy atom. The van der Waals surface area contributed by atoms with Gasteiger partial charge in [0.1, 0.15) is 11.6 Å². The quantitative estimate of drug-likeness (QED) is 0.477. The number of anilines is 1. The molecule has 0 saturated carbocycles. The number of nitrogens with two attached hydrogens (primary N) is 1. The number of allylic oxidation sites excluding steroid dienone is 1. The SMILES string of the molecule is C=C(N=N/C(=C\C)OC(F)F)[C@@H]1COC[C@H](C)N1C(=O)c1cc2c3c(c(N)nc2cc1F)COC3. The van der Waals surface area contributed by atoms with Gasteiger partial charge in [0.05, 0.1) is 55.3 Å². The maximum absolute atomic E-state index is 15.1. The van der Waals surface area contributed by atoms with Gasteiger partial charge in [-0.05, 0) is 31.6 Å². The molecule has 4 rings (SSSR count). The number of morpholine rings is 1. The van der Waals surface area contributed by atoms with Crippen molar-refractivity contribution in [3.63, 3.8) is 0 Å². The average molecular weight is 491 g/mol. The van der Waals surface area contributed by atoms with Crippen LogP contribution >= 0.6 is 0 Å². The standard InChI is InChI=1S/C23H24F3N5O4/c1-4-20(35-23(25)26)30-29-12(3)19-10-33-7-11(2)31(19)22(32)14-5-13-15-8-34-9-16(15)21(27)28-18(13)6-17(14)24/h4-6,11,19,23H,3,7-10H2,1-2H3,(H2,27,28)/b20-4+,30-29?/t11-,19-/m0/s1. The van der Waals surface area contributed by atoms with Crippen LogP contribution in [0, 0.1) is 5.82 Å². The van der Waals surface area contributed by atoms with E-state index in [1.54, 1.807) is 6.92 Å². The zero-order chi connectivity index (χ0) is 25.3.